The molecule has 0 saturated heterocycles. The lowest BCUT2D eigenvalue weighted by Crippen LogP contribution is -2.31. The zero-order valence-electron chi connectivity index (χ0n) is 9.82. The topological polar surface area (TPSA) is 66.4 Å². The van der Waals surface area contributed by atoms with Gasteiger partial charge < -0.3 is 5.11 Å². The maximum Gasteiger partial charge on any atom is 0.211 e. The molecule has 2 N–H and O–H groups in total. The molecule has 1 aliphatic rings. The number of rotatable bonds is 7. The molecule has 1 aliphatic carbocycles. The highest BCUT2D eigenvalue weighted by atomic mass is 32.2. The van der Waals surface area contributed by atoms with E-state index in [4.69, 9.17) is 5.11 Å². The minimum absolute atomic E-state index is 0.129. The molecule has 4 nitrogen and oxygen atoms in total. The Hall–Kier alpha value is -0.130. The van der Waals surface area contributed by atoms with E-state index in [-0.39, 0.29) is 12.4 Å². The van der Waals surface area contributed by atoms with Crippen LogP contribution in [0.2, 0.25) is 0 Å². The second-order valence-electron chi connectivity index (χ2n) is 4.61. The number of sulfonamides is 1. The lowest BCUT2D eigenvalue weighted by Gasteiger charge is -2.21. The van der Waals surface area contributed by atoms with Gasteiger partial charge in [-0.15, -0.1) is 0 Å². The first-order valence-corrected chi connectivity index (χ1v) is 7.87. The first-order chi connectivity index (χ1) is 7.64. The normalized spacial score (nSPS) is 18.8. The van der Waals surface area contributed by atoms with Crippen LogP contribution in [0.15, 0.2) is 0 Å². The molecule has 0 heterocycles. The van der Waals surface area contributed by atoms with E-state index in [0.29, 0.717) is 25.3 Å². The van der Waals surface area contributed by atoms with E-state index < -0.39 is 10.0 Å². The van der Waals surface area contributed by atoms with Gasteiger partial charge in [-0.2, -0.15) is 0 Å². The molecule has 1 saturated carbocycles. The van der Waals surface area contributed by atoms with Crippen LogP contribution in [0.1, 0.15) is 44.9 Å². The molecule has 0 radical (unpaired) electrons. The predicted octanol–water partition coefficient (Wildman–Crippen LogP) is 1.26. The Morgan fingerprint density at radius 1 is 1.12 bits per heavy atom. The van der Waals surface area contributed by atoms with E-state index in [1.165, 1.54) is 19.3 Å². The summed E-state index contributed by atoms with van der Waals surface area (Å²) < 4.78 is 26.0. The van der Waals surface area contributed by atoms with Gasteiger partial charge in [0.15, 0.2) is 0 Å². The molecule has 0 aliphatic heterocycles. The number of hydrogen-bond donors (Lipinski definition) is 2. The molecule has 0 aromatic heterocycles. The van der Waals surface area contributed by atoms with E-state index in [1.54, 1.807) is 0 Å². The van der Waals surface area contributed by atoms with E-state index >= 15 is 0 Å². The Balaban J connectivity index is 2.22. The summed E-state index contributed by atoms with van der Waals surface area (Å²) in [7, 11) is -3.09. The fourth-order valence-electron chi connectivity index (χ4n) is 2.19. The highest BCUT2D eigenvalue weighted by molar-refractivity contribution is 7.89. The molecule has 0 aromatic rings. The molecule has 0 unspecified atom stereocenters. The zero-order chi connectivity index (χ0) is 11.9. The number of aliphatic hydroxyl groups excluding tert-OH is 1. The first kappa shape index (κ1) is 13.9. The van der Waals surface area contributed by atoms with Crippen LogP contribution in [0, 0.1) is 5.92 Å². The Labute approximate surface area is 98.5 Å². The van der Waals surface area contributed by atoms with Gasteiger partial charge in [-0.25, -0.2) is 13.1 Å². The van der Waals surface area contributed by atoms with Gasteiger partial charge in [0.2, 0.25) is 10.0 Å². The van der Waals surface area contributed by atoms with E-state index in [9.17, 15) is 8.42 Å². The van der Waals surface area contributed by atoms with Gasteiger partial charge in [-0.1, -0.05) is 19.3 Å². The van der Waals surface area contributed by atoms with Crippen molar-refractivity contribution in [3.63, 3.8) is 0 Å². The van der Waals surface area contributed by atoms with Crippen LogP contribution < -0.4 is 4.72 Å². The Morgan fingerprint density at radius 2 is 1.81 bits per heavy atom. The molecule has 5 heteroatoms. The Kier molecular flexibility index (Phi) is 6.31. The van der Waals surface area contributed by atoms with E-state index in [2.05, 4.69) is 4.72 Å². The third kappa shape index (κ3) is 5.82. The summed E-state index contributed by atoms with van der Waals surface area (Å²) in [5, 5.41) is 8.58. The molecular weight excluding hydrogens is 226 g/mol. The second-order valence-corrected chi connectivity index (χ2v) is 6.46. The minimum atomic E-state index is -3.09. The summed E-state index contributed by atoms with van der Waals surface area (Å²) >= 11 is 0. The summed E-state index contributed by atoms with van der Waals surface area (Å²) in [5.41, 5.74) is 0. The Bertz CT molecular complexity index is 271. The fourth-order valence-corrected chi connectivity index (χ4v) is 3.71. The largest absolute Gasteiger partial charge is 0.396 e. The highest BCUT2D eigenvalue weighted by Crippen LogP contribution is 2.24. The maximum atomic E-state index is 11.7. The van der Waals surface area contributed by atoms with Crippen LogP contribution in [0.3, 0.4) is 0 Å². The molecule has 0 amide bonds. The molecule has 96 valence electrons. The third-order valence-corrected chi connectivity index (χ3v) is 4.64. The van der Waals surface area contributed by atoms with Gasteiger partial charge in [0.05, 0.1) is 5.75 Å². The first-order valence-electron chi connectivity index (χ1n) is 6.22. The smallest absolute Gasteiger partial charge is 0.211 e. The van der Waals surface area contributed by atoms with Crippen LogP contribution in [0.4, 0.5) is 0 Å². The lowest BCUT2D eigenvalue weighted by atomic mass is 9.91. The highest BCUT2D eigenvalue weighted by Gasteiger charge is 2.20. The van der Waals surface area contributed by atoms with E-state index in [0.717, 1.165) is 12.8 Å². The summed E-state index contributed by atoms with van der Waals surface area (Å²) in [6.07, 6.45) is 7.07. The maximum absolute atomic E-state index is 11.7. The molecule has 16 heavy (non-hydrogen) atoms. The number of aliphatic hydroxyl groups is 1. The number of hydrogen-bond acceptors (Lipinski definition) is 3. The van der Waals surface area contributed by atoms with Crippen molar-refractivity contribution in [3.05, 3.63) is 0 Å². The van der Waals surface area contributed by atoms with Gasteiger partial charge in [0.1, 0.15) is 0 Å². The van der Waals surface area contributed by atoms with Crippen LogP contribution in [-0.2, 0) is 10.0 Å². The summed E-state index contributed by atoms with van der Waals surface area (Å²) in [5.74, 6) is 0.635. The van der Waals surface area contributed by atoms with Gasteiger partial charge in [0.25, 0.3) is 0 Å². The van der Waals surface area contributed by atoms with Crippen LogP contribution >= 0.6 is 0 Å². The second kappa shape index (κ2) is 7.25. The summed E-state index contributed by atoms with van der Waals surface area (Å²) in [6, 6.07) is 0. The average Bonchev–Trinajstić information content (AvgIpc) is 2.25. The van der Waals surface area contributed by atoms with Gasteiger partial charge in [-0.3, -0.25) is 0 Å². The molecule has 0 bridgehead atoms. The van der Waals surface area contributed by atoms with Crippen molar-refractivity contribution in [1.82, 2.24) is 4.72 Å². The fraction of sp³-hybridized carbons (Fsp3) is 1.00. The molecule has 1 fully saturated rings. The zero-order valence-corrected chi connectivity index (χ0v) is 10.6. The van der Waals surface area contributed by atoms with Crippen molar-refractivity contribution >= 4 is 10.0 Å². The van der Waals surface area contributed by atoms with Gasteiger partial charge in [0, 0.05) is 13.2 Å². The lowest BCUT2D eigenvalue weighted by molar-refractivity contribution is 0.285. The molecule has 0 aromatic carbocycles. The third-order valence-electron chi connectivity index (χ3n) is 3.09. The van der Waals surface area contributed by atoms with Crippen LogP contribution in [0.5, 0.6) is 0 Å². The van der Waals surface area contributed by atoms with Crippen molar-refractivity contribution in [2.24, 2.45) is 5.92 Å². The average molecular weight is 249 g/mol. The standard InChI is InChI=1S/C11H23NO3S/c13-9-5-4-8-12-16(14,15)10-11-6-2-1-3-7-11/h11-13H,1-10H2. The molecule has 0 spiro atoms. The minimum Gasteiger partial charge on any atom is -0.396 e. The Morgan fingerprint density at radius 3 is 2.44 bits per heavy atom. The van der Waals surface area contributed by atoms with Crippen molar-refractivity contribution in [1.29, 1.82) is 0 Å². The summed E-state index contributed by atoms with van der Waals surface area (Å²) in [6.45, 7) is 0.583. The van der Waals surface area contributed by atoms with Crippen molar-refractivity contribution in [2.75, 3.05) is 18.9 Å². The van der Waals surface area contributed by atoms with Crippen LogP contribution in [0.25, 0.3) is 0 Å². The van der Waals surface area contributed by atoms with Crippen LogP contribution in [-0.4, -0.2) is 32.4 Å². The van der Waals surface area contributed by atoms with Crippen molar-refractivity contribution in [3.8, 4) is 0 Å². The van der Waals surface area contributed by atoms with Crippen molar-refractivity contribution in [2.45, 2.75) is 44.9 Å². The summed E-state index contributed by atoms with van der Waals surface area (Å²) in [4.78, 5) is 0. The SMILES string of the molecule is O=S(=O)(CC1CCCCC1)NCCCCO. The number of nitrogens with one attached hydrogen (secondary N) is 1. The monoisotopic (exact) mass is 249 g/mol. The predicted molar refractivity (Wildman–Crippen MR) is 64.7 cm³/mol. The molecular formula is C11H23NO3S. The molecule has 1 rings (SSSR count). The van der Waals surface area contributed by atoms with E-state index in [1.807, 2.05) is 0 Å². The number of unbranched alkanes of at least 4 members (excludes halogenated alkanes) is 1. The molecule has 0 atom stereocenters. The van der Waals surface area contributed by atoms with Gasteiger partial charge in [-0.05, 0) is 31.6 Å². The van der Waals surface area contributed by atoms with Gasteiger partial charge >= 0.3 is 0 Å². The quantitative estimate of drug-likeness (QED) is 0.668. The van der Waals surface area contributed by atoms with Crippen molar-refractivity contribution < 1.29 is 13.5 Å².